The number of hydrogen-bond acceptors (Lipinski definition) is 6. The Kier molecular flexibility index (Phi) is 6.65. The van der Waals surface area contributed by atoms with Gasteiger partial charge in [-0.3, -0.25) is 9.36 Å². The number of anilines is 1. The van der Waals surface area contributed by atoms with Crippen LogP contribution in [0.5, 0.6) is 0 Å². The first-order valence-corrected chi connectivity index (χ1v) is 11.6. The lowest BCUT2D eigenvalue weighted by Gasteiger charge is -2.31. The summed E-state index contributed by atoms with van der Waals surface area (Å²) in [6.45, 7) is 4.90. The molecule has 1 amide bonds. The van der Waals surface area contributed by atoms with Gasteiger partial charge >= 0.3 is 0 Å². The molecule has 8 heteroatoms. The highest BCUT2D eigenvalue weighted by atomic mass is 32.2. The van der Waals surface area contributed by atoms with Gasteiger partial charge in [0.2, 0.25) is 5.95 Å². The lowest BCUT2D eigenvalue weighted by Crippen LogP contribution is -2.35. The summed E-state index contributed by atoms with van der Waals surface area (Å²) in [4.78, 5) is 16.2. The van der Waals surface area contributed by atoms with Gasteiger partial charge in [-0.05, 0) is 48.6 Å². The van der Waals surface area contributed by atoms with Crippen LogP contribution in [0.4, 0.5) is 5.95 Å². The van der Waals surface area contributed by atoms with Gasteiger partial charge in [0.15, 0.2) is 5.16 Å². The first-order chi connectivity index (χ1) is 15.0. The smallest absolute Gasteiger partial charge is 0.253 e. The summed E-state index contributed by atoms with van der Waals surface area (Å²) >= 11 is 1.63. The van der Waals surface area contributed by atoms with Gasteiger partial charge in [-0.25, -0.2) is 0 Å². The molecule has 3 aromatic rings. The van der Waals surface area contributed by atoms with E-state index in [9.17, 15) is 4.79 Å². The highest BCUT2D eigenvalue weighted by Gasteiger charge is 2.23. The number of carbonyl (C=O) groups excluding carboxylic acids is 1. The van der Waals surface area contributed by atoms with Gasteiger partial charge in [0.05, 0.1) is 12.8 Å². The average Bonchev–Trinajstić information content (AvgIpc) is 3.43. The first kappa shape index (κ1) is 21.5. The molecule has 0 N–H and O–H groups in total. The SMILES string of the molecule is CC1CCN(c2nnc(SCc3cccc(C(=O)N(C)C)c3)n2Cc2ccco2)CC1. The molecule has 2 aromatic heterocycles. The Hall–Kier alpha value is -2.74. The number of amides is 1. The molecule has 0 aliphatic carbocycles. The highest BCUT2D eigenvalue weighted by Crippen LogP contribution is 2.29. The summed E-state index contributed by atoms with van der Waals surface area (Å²) in [5.41, 5.74) is 1.78. The lowest BCUT2D eigenvalue weighted by molar-refractivity contribution is 0.0827. The van der Waals surface area contributed by atoms with Crippen LogP contribution in [0.25, 0.3) is 0 Å². The van der Waals surface area contributed by atoms with E-state index < -0.39 is 0 Å². The van der Waals surface area contributed by atoms with E-state index in [-0.39, 0.29) is 5.91 Å². The van der Waals surface area contributed by atoms with Gasteiger partial charge in [0.25, 0.3) is 5.91 Å². The van der Waals surface area contributed by atoms with Crippen LogP contribution in [0.2, 0.25) is 0 Å². The molecule has 0 radical (unpaired) electrons. The molecular formula is C23H29N5O2S. The van der Waals surface area contributed by atoms with Crippen molar-refractivity contribution in [2.45, 2.75) is 37.2 Å². The number of benzene rings is 1. The maximum Gasteiger partial charge on any atom is 0.253 e. The molecule has 1 aliphatic rings. The Morgan fingerprint density at radius 1 is 1.19 bits per heavy atom. The minimum atomic E-state index is 0.00875. The zero-order valence-electron chi connectivity index (χ0n) is 18.3. The maximum absolute atomic E-state index is 12.3. The second-order valence-corrected chi connectivity index (χ2v) is 9.25. The molecule has 164 valence electrons. The van der Waals surface area contributed by atoms with Crippen molar-refractivity contribution >= 4 is 23.6 Å². The molecule has 0 unspecified atom stereocenters. The predicted octanol–water partition coefficient (Wildman–Crippen LogP) is 4.15. The monoisotopic (exact) mass is 439 g/mol. The molecule has 0 saturated carbocycles. The van der Waals surface area contributed by atoms with Crippen LogP contribution in [0.15, 0.2) is 52.2 Å². The predicted molar refractivity (Wildman–Crippen MR) is 122 cm³/mol. The molecule has 0 bridgehead atoms. The number of hydrogen-bond donors (Lipinski definition) is 0. The number of nitrogens with zero attached hydrogens (tertiary/aromatic N) is 5. The fraction of sp³-hybridized carbons (Fsp3) is 0.435. The van der Waals surface area contributed by atoms with Gasteiger partial charge in [-0.1, -0.05) is 30.8 Å². The van der Waals surface area contributed by atoms with Gasteiger partial charge in [0, 0.05) is 38.5 Å². The van der Waals surface area contributed by atoms with Crippen LogP contribution in [0.1, 0.15) is 41.4 Å². The first-order valence-electron chi connectivity index (χ1n) is 10.6. The van der Waals surface area contributed by atoms with Crippen LogP contribution in [0, 0.1) is 5.92 Å². The summed E-state index contributed by atoms with van der Waals surface area (Å²) in [6, 6.07) is 11.7. The Morgan fingerprint density at radius 2 is 2.00 bits per heavy atom. The second-order valence-electron chi connectivity index (χ2n) is 8.31. The normalized spacial score (nSPS) is 14.7. The van der Waals surface area contributed by atoms with Crippen LogP contribution < -0.4 is 4.90 Å². The van der Waals surface area contributed by atoms with Crippen molar-refractivity contribution in [1.29, 1.82) is 0 Å². The van der Waals surface area contributed by atoms with E-state index in [4.69, 9.17) is 4.42 Å². The quantitative estimate of drug-likeness (QED) is 0.515. The largest absolute Gasteiger partial charge is 0.467 e. The van der Waals surface area contributed by atoms with E-state index in [0.29, 0.717) is 17.9 Å². The molecule has 31 heavy (non-hydrogen) atoms. The zero-order chi connectivity index (χ0) is 21.8. The summed E-state index contributed by atoms with van der Waals surface area (Å²) < 4.78 is 7.75. The van der Waals surface area contributed by atoms with Crippen molar-refractivity contribution in [2.75, 3.05) is 32.1 Å². The molecule has 1 aliphatic heterocycles. The van der Waals surface area contributed by atoms with Crippen molar-refractivity contribution in [3.63, 3.8) is 0 Å². The van der Waals surface area contributed by atoms with E-state index in [1.165, 1.54) is 12.8 Å². The van der Waals surface area contributed by atoms with Crippen molar-refractivity contribution in [2.24, 2.45) is 5.92 Å². The number of rotatable bonds is 7. The fourth-order valence-corrected chi connectivity index (χ4v) is 4.60. The lowest BCUT2D eigenvalue weighted by atomic mass is 10.00. The standard InChI is InChI=1S/C23H29N5O2S/c1-17-9-11-27(12-10-17)22-24-25-23(28(22)15-20-8-5-13-30-20)31-16-18-6-4-7-19(14-18)21(29)26(2)3/h4-8,13-14,17H,9-12,15-16H2,1-3H3. The molecular weight excluding hydrogens is 410 g/mol. The number of furan rings is 1. The average molecular weight is 440 g/mol. The third-order valence-corrected chi connectivity index (χ3v) is 6.64. The molecule has 1 fully saturated rings. The van der Waals surface area contributed by atoms with Gasteiger partial charge in [-0.15, -0.1) is 10.2 Å². The summed E-state index contributed by atoms with van der Waals surface area (Å²) in [6.07, 6.45) is 4.04. The third kappa shape index (κ3) is 5.12. The fourth-order valence-electron chi connectivity index (χ4n) is 3.73. The van der Waals surface area contributed by atoms with Crippen molar-refractivity contribution in [3.05, 3.63) is 59.5 Å². The Balaban J connectivity index is 1.54. The zero-order valence-corrected chi connectivity index (χ0v) is 19.1. The number of thioether (sulfide) groups is 1. The van der Waals surface area contributed by atoms with Crippen LogP contribution in [-0.4, -0.2) is 52.8 Å². The number of piperidine rings is 1. The van der Waals surface area contributed by atoms with E-state index in [1.54, 1.807) is 37.0 Å². The topological polar surface area (TPSA) is 67.4 Å². The second kappa shape index (κ2) is 9.60. The van der Waals surface area contributed by atoms with Gasteiger partial charge in [-0.2, -0.15) is 0 Å². The maximum atomic E-state index is 12.3. The summed E-state index contributed by atoms with van der Waals surface area (Å²) in [5, 5.41) is 9.91. The number of aromatic nitrogens is 3. The van der Waals surface area contributed by atoms with E-state index in [2.05, 4.69) is 26.6 Å². The number of carbonyl (C=O) groups is 1. The van der Waals surface area contributed by atoms with E-state index in [0.717, 1.165) is 41.4 Å². The van der Waals surface area contributed by atoms with Crippen molar-refractivity contribution in [1.82, 2.24) is 19.7 Å². The van der Waals surface area contributed by atoms with Crippen molar-refractivity contribution in [3.8, 4) is 0 Å². The van der Waals surface area contributed by atoms with Crippen LogP contribution in [-0.2, 0) is 12.3 Å². The van der Waals surface area contributed by atoms with Gasteiger partial charge in [0.1, 0.15) is 5.76 Å². The van der Waals surface area contributed by atoms with E-state index >= 15 is 0 Å². The molecule has 7 nitrogen and oxygen atoms in total. The minimum absolute atomic E-state index is 0.00875. The molecule has 0 spiro atoms. The van der Waals surface area contributed by atoms with E-state index in [1.807, 2.05) is 36.4 Å². The Morgan fingerprint density at radius 3 is 2.71 bits per heavy atom. The Labute approximate surface area is 187 Å². The summed E-state index contributed by atoms with van der Waals surface area (Å²) in [7, 11) is 3.54. The highest BCUT2D eigenvalue weighted by molar-refractivity contribution is 7.98. The molecule has 3 heterocycles. The molecule has 1 aromatic carbocycles. The van der Waals surface area contributed by atoms with Crippen LogP contribution in [0.3, 0.4) is 0 Å². The third-order valence-electron chi connectivity index (χ3n) is 5.61. The van der Waals surface area contributed by atoms with Crippen LogP contribution >= 0.6 is 11.8 Å². The molecule has 0 atom stereocenters. The van der Waals surface area contributed by atoms with Gasteiger partial charge < -0.3 is 14.2 Å². The Bertz CT molecular complexity index is 1010. The molecule has 1 saturated heterocycles. The van der Waals surface area contributed by atoms with Crippen molar-refractivity contribution < 1.29 is 9.21 Å². The summed E-state index contributed by atoms with van der Waals surface area (Å²) in [5.74, 6) is 3.26. The minimum Gasteiger partial charge on any atom is -0.467 e. The molecule has 4 rings (SSSR count).